The summed E-state index contributed by atoms with van der Waals surface area (Å²) in [7, 11) is 0. The molecule has 3 aromatic rings. The minimum absolute atomic E-state index is 0.0314. The Morgan fingerprint density at radius 1 is 1.16 bits per heavy atom. The summed E-state index contributed by atoms with van der Waals surface area (Å²) < 4.78 is 37.5. The van der Waals surface area contributed by atoms with Crippen LogP contribution >= 0.6 is 11.6 Å². The van der Waals surface area contributed by atoms with Crippen molar-refractivity contribution in [3.05, 3.63) is 53.3 Å². The number of alkyl halides is 1. The van der Waals surface area contributed by atoms with Crippen molar-refractivity contribution in [2.75, 3.05) is 44.2 Å². The second kappa shape index (κ2) is 10.5. The summed E-state index contributed by atoms with van der Waals surface area (Å²) in [4.78, 5) is 28.3. The summed E-state index contributed by atoms with van der Waals surface area (Å²) in [6, 6.07) is 6.65. The molecule has 1 aromatic heterocycles. The van der Waals surface area contributed by atoms with Crippen molar-refractivity contribution in [1.29, 1.82) is 0 Å². The van der Waals surface area contributed by atoms with E-state index in [2.05, 4.69) is 21.4 Å². The number of anilines is 1. The number of hydrogen-bond acceptors (Lipinski definition) is 7. The van der Waals surface area contributed by atoms with Crippen molar-refractivity contribution in [3.8, 4) is 22.9 Å². The van der Waals surface area contributed by atoms with E-state index >= 15 is 4.39 Å². The number of phenols is 1. The van der Waals surface area contributed by atoms with E-state index in [0.717, 1.165) is 50.6 Å². The molecule has 1 spiro atoms. The van der Waals surface area contributed by atoms with Gasteiger partial charge in [0.05, 0.1) is 11.1 Å². The molecular formula is C34H36ClF2N5O3. The summed E-state index contributed by atoms with van der Waals surface area (Å²) in [5.74, 6) is 0.0994. The van der Waals surface area contributed by atoms with Crippen LogP contribution in [0.25, 0.3) is 22.0 Å². The quantitative estimate of drug-likeness (QED) is 0.319. The number of nitrogens with zero attached hydrogens (tertiary/aromatic N) is 5. The van der Waals surface area contributed by atoms with Gasteiger partial charge in [0.1, 0.15) is 29.9 Å². The molecule has 45 heavy (non-hydrogen) atoms. The Hall–Kier alpha value is -3.50. The average Bonchev–Trinajstić information content (AvgIpc) is 3.93. The van der Waals surface area contributed by atoms with Crippen molar-refractivity contribution in [3.63, 3.8) is 0 Å². The number of aromatic nitrogens is 2. The van der Waals surface area contributed by atoms with Crippen LogP contribution < -0.4 is 9.64 Å². The summed E-state index contributed by atoms with van der Waals surface area (Å²) in [6.07, 6.45) is 6.32. The van der Waals surface area contributed by atoms with Gasteiger partial charge in [-0.05, 0) is 86.4 Å². The van der Waals surface area contributed by atoms with Crippen LogP contribution in [0.15, 0.2) is 36.9 Å². The molecule has 0 radical (unpaired) electrons. The van der Waals surface area contributed by atoms with Gasteiger partial charge in [-0.25, -0.2) is 8.78 Å². The van der Waals surface area contributed by atoms with E-state index in [1.165, 1.54) is 12.1 Å². The molecule has 2 aliphatic carbocycles. The van der Waals surface area contributed by atoms with Crippen LogP contribution in [0, 0.1) is 5.82 Å². The third-order valence-corrected chi connectivity index (χ3v) is 10.9. The van der Waals surface area contributed by atoms with Crippen LogP contribution in [0.2, 0.25) is 5.02 Å². The second-order valence-electron chi connectivity index (χ2n) is 13.5. The standard InChI is InChI=1S/C34H36ClF2N5O3/c1-2-27(44)42-13-12-40(18-33(42)9-10-33)31-24-7-6-23(25-14-22(43)15-26(35)28(25)20-4-5-20)29(37)30(24)38-32(39-31)45-19-34-8-3-11-41(34)17-21(36)16-34/h2,6-7,14-15,20-21,43H,1,3-5,8-13,16-19H2/t21-,34+/m1/s1. The molecule has 1 N–H and O–H groups in total. The fourth-order valence-electron chi connectivity index (χ4n) is 8.09. The number of fused-ring (bicyclic) bond motifs is 2. The van der Waals surface area contributed by atoms with Crippen molar-refractivity contribution in [2.24, 2.45) is 0 Å². The lowest BCUT2D eigenvalue weighted by molar-refractivity contribution is -0.129. The first-order valence-electron chi connectivity index (χ1n) is 15.9. The predicted octanol–water partition coefficient (Wildman–Crippen LogP) is 5.99. The SMILES string of the molecule is C=CC(=O)N1CCN(c2nc(OC[C@@]34CCCN3C[C@H](F)C4)nc3c(F)c(-c4cc(O)cc(Cl)c4C4CC4)ccc23)CC12CC2. The van der Waals surface area contributed by atoms with E-state index in [1.54, 1.807) is 12.1 Å². The Kier molecular flexibility index (Phi) is 6.77. The number of ether oxygens (including phenoxy) is 1. The summed E-state index contributed by atoms with van der Waals surface area (Å²) in [6.45, 7) is 6.68. The largest absolute Gasteiger partial charge is 0.508 e. The van der Waals surface area contributed by atoms with Gasteiger partial charge in [-0.3, -0.25) is 9.69 Å². The average molecular weight is 636 g/mol. The number of aromatic hydroxyl groups is 1. The van der Waals surface area contributed by atoms with Gasteiger partial charge in [-0.15, -0.1) is 0 Å². The van der Waals surface area contributed by atoms with E-state index < -0.39 is 17.5 Å². The maximum Gasteiger partial charge on any atom is 0.319 e. The first-order valence-corrected chi connectivity index (χ1v) is 16.3. The number of hydrogen-bond donors (Lipinski definition) is 1. The first kappa shape index (κ1) is 28.9. The number of halogens is 3. The maximum absolute atomic E-state index is 16.8. The number of carbonyl (C=O) groups excluding carboxylic acids is 1. The molecule has 3 aliphatic heterocycles. The Labute approximate surface area is 265 Å². The van der Waals surface area contributed by atoms with Crippen LogP contribution in [0.1, 0.15) is 56.4 Å². The molecule has 8 nitrogen and oxygen atoms in total. The van der Waals surface area contributed by atoms with Gasteiger partial charge in [0.25, 0.3) is 0 Å². The van der Waals surface area contributed by atoms with E-state index in [1.807, 2.05) is 11.0 Å². The number of piperazine rings is 1. The topological polar surface area (TPSA) is 82.0 Å². The van der Waals surface area contributed by atoms with Gasteiger partial charge in [-0.2, -0.15) is 9.97 Å². The van der Waals surface area contributed by atoms with Gasteiger partial charge in [0.2, 0.25) is 5.91 Å². The molecule has 2 aromatic carbocycles. The van der Waals surface area contributed by atoms with Crippen LogP contribution in [-0.4, -0.2) is 87.4 Å². The first-order chi connectivity index (χ1) is 21.7. The number of benzene rings is 2. The van der Waals surface area contributed by atoms with Crippen molar-refractivity contribution >= 4 is 34.2 Å². The number of phenolic OH excluding ortho intramolecular Hbond substituents is 1. The van der Waals surface area contributed by atoms with Crippen LogP contribution in [0.5, 0.6) is 11.8 Å². The smallest absolute Gasteiger partial charge is 0.319 e. The molecule has 1 amide bonds. The highest BCUT2D eigenvalue weighted by Crippen LogP contribution is 2.50. The van der Waals surface area contributed by atoms with Gasteiger partial charge in [-0.1, -0.05) is 24.2 Å². The molecular weight excluding hydrogens is 600 g/mol. The van der Waals surface area contributed by atoms with Gasteiger partial charge < -0.3 is 19.6 Å². The molecule has 236 valence electrons. The van der Waals surface area contributed by atoms with E-state index in [0.29, 0.717) is 60.0 Å². The molecule has 3 saturated heterocycles. The molecule has 0 unspecified atom stereocenters. The summed E-state index contributed by atoms with van der Waals surface area (Å²) in [5, 5.41) is 11.4. The Morgan fingerprint density at radius 2 is 1.98 bits per heavy atom. The molecule has 2 atom stereocenters. The van der Waals surface area contributed by atoms with Crippen molar-refractivity contribution in [2.45, 2.75) is 68.1 Å². The number of rotatable bonds is 7. The Bertz CT molecular complexity index is 1730. The molecule has 11 heteroatoms. The predicted molar refractivity (Wildman–Crippen MR) is 168 cm³/mol. The third-order valence-electron chi connectivity index (χ3n) is 10.6. The normalized spacial score (nSPS) is 25.6. The molecule has 5 fully saturated rings. The van der Waals surface area contributed by atoms with Gasteiger partial charge in [0, 0.05) is 48.6 Å². The minimum atomic E-state index is -0.902. The lowest BCUT2D eigenvalue weighted by atomic mass is 9.94. The third kappa shape index (κ3) is 4.83. The zero-order valence-electron chi connectivity index (χ0n) is 25.1. The zero-order valence-corrected chi connectivity index (χ0v) is 25.8. The second-order valence-corrected chi connectivity index (χ2v) is 13.9. The molecule has 5 aliphatic rings. The fourth-order valence-corrected chi connectivity index (χ4v) is 8.45. The molecule has 2 saturated carbocycles. The van der Waals surface area contributed by atoms with Crippen molar-refractivity contribution < 1.29 is 23.4 Å². The minimum Gasteiger partial charge on any atom is -0.508 e. The highest BCUT2D eigenvalue weighted by Gasteiger charge is 2.53. The van der Waals surface area contributed by atoms with Gasteiger partial charge >= 0.3 is 6.01 Å². The summed E-state index contributed by atoms with van der Waals surface area (Å²) >= 11 is 6.58. The van der Waals surface area contributed by atoms with Gasteiger partial charge in [0.15, 0.2) is 5.82 Å². The number of amides is 1. The van der Waals surface area contributed by atoms with Crippen LogP contribution in [0.4, 0.5) is 14.6 Å². The summed E-state index contributed by atoms with van der Waals surface area (Å²) in [5.41, 5.74) is 1.08. The molecule has 0 bridgehead atoms. The van der Waals surface area contributed by atoms with Crippen LogP contribution in [-0.2, 0) is 4.79 Å². The van der Waals surface area contributed by atoms with E-state index in [4.69, 9.17) is 21.3 Å². The zero-order chi connectivity index (χ0) is 31.1. The van der Waals surface area contributed by atoms with E-state index in [-0.39, 0.29) is 41.2 Å². The number of carbonyl (C=O) groups is 1. The fraction of sp³-hybridized carbons (Fsp3) is 0.500. The highest BCUT2D eigenvalue weighted by molar-refractivity contribution is 6.32. The monoisotopic (exact) mass is 635 g/mol. The van der Waals surface area contributed by atoms with Crippen molar-refractivity contribution in [1.82, 2.24) is 19.8 Å². The maximum atomic E-state index is 16.8. The Balaban J connectivity index is 1.22. The highest BCUT2D eigenvalue weighted by atomic mass is 35.5. The van der Waals surface area contributed by atoms with E-state index in [9.17, 15) is 14.3 Å². The molecule has 8 rings (SSSR count). The Morgan fingerprint density at radius 3 is 2.73 bits per heavy atom. The van der Waals surface area contributed by atoms with Crippen LogP contribution in [0.3, 0.4) is 0 Å². The lowest BCUT2D eigenvalue weighted by Gasteiger charge is -2.42. The molecule has 4 heterocycles. The lowest BCUT2D eigenvalue weighted by Crippen LogP contribution is -2.57.